The van der Waals surface area contributed by atoms with Gasteiger partial charge < -0.3 is 5.32 Å². The van der Waals surface area contributed by atoms with Gasteiger partial charge in [-0.3, -0.25) is 0 Å². The van der Waals surface area contributed by atoms with Crippen LogP contribution in [0.15, 0.2) is 36.7 Å². The molecule has 1 N–H and O–H groups in total. The van der Waals surface area contributed by atoms with Crippen molar-refractivity contribution in [1.82, 2.24) is 19.6 Å². The minimum Gasteiger partial charge on any atom is -0.340 e. The molecular formula is C20H25N5O2S. The molecule has 28 heavy (non-hydrogen) atoms. The fraction of sp³-hybridized carbons (Fsp3) is 0.450. The van der Waals surface area contributed by atoms with Gasteiger partial charge in [-0.2, -0.15) is 14.6 Å². The van der Waals surface area contributed by atoms with Crippen LogP contribution >= 0.6 is 0 Å². The van der Waals surface area contributed by atoms with E-state index in [0.717, 1.165) is 61.3 Å². The second-order valence-corrected chi connectivity index (χ2v) is 9.63. The van der Waals surface area contributed by atoms with E-state index < -0.39 is 9.84 Å². The first-order valence-corrected chi connectivity index (χ1v) is 11.5. The van der Waals surface area contributed by atoms with Crippen LogP contribution in [0.4, 0.5) is 11.5 Å². The van der Waals surface area contributed by atoms with Crippen LogP contribution in [0.5, 0.6) is 0 Å². The van der Waals surface area contributed by atoms with Crippen LogP contribution in [0.1, 0.15) is 50.3 Å². The highest BCUT2D eigenvalue weighted by molar-refractivity contribution is 7.91. The van der Waals surface area contributed by atoms with E-state index in [2.05, 4.69) is 20.4 Å². The minimum atomic E-state index is -3.13. The Morgan fingerprint density at radius 2 is 2.00 bits per heavy atom. The van der Waals surface area contributed by atoms with Gasteiger partial charge in [0.25, 0.3) is 5.78 Å². The van der Waals surface area contributed by atoms with Crippen LogP contribution in [-0.4, -0.2) is 33.2 Å². The summed E-state index contributed by atoms with van der Waals surface area (Å²) in [5.74, 6) is 1.38. The zero-order chi connectivity index (χ0) is 19.6. The fourth-order valence-electron chi connectivity index (χ4n) is 3.79. The predicted molar refractivity (Wildman–Crippen MR) is 109 cm³/mol. The molecule has 4 rings (SSSR count). The molecule has 1 fully saturated rings. The third-order valence-electron chi connectivity index (χ3n) is 5.29. The number of nitrogens with zero attached hydrogens (tertiary/aromatic N) is 4. The molecule has 0 radical (unpaired) electrons. The van der Waals surface area contributed by atoms with E-state index in [9.17, 15) is 8.42 Å². The van der Waals surface area contributed by atoms with Gasteiger partial charge in [0.15, 0.2) is 9.84 Å². The predicted octanol–water partition coefficient (Wildman–Crippen LogP) is 3.68. The molecule has 0 unspecified atom stereocenters. The molecule has 148 valence electrons. The Kier molecular flexibility index (Phi) is 5.30. The number of anilines is 2. The van der Waals surface area contributed by atoms with Gasteiger partial charge in [-0.1, -0.05) is 38.3 Å². The van der Waals surface area contributed by atoms with Crippen molar-refractivity contribution in [3.8, 4) is 0 Å². The second-order valence-electron chi connectivity index (χ2n) is 7.35. The minimum absolute atomic E-state index is 0.0858. The number of sulfone groups is 1. The normalized spacial score (nSPS) is 15.8. The number of rotatable bonds is 6. The van der Waals surface area contributed by atoms with Crippen LogP contribution in [0.2, 0.25) is 0 Å². The lowest BCUT2D eigenvalue weighted by Crippen LogP contribution is -2.25. The summed E-state index contributed by atoms with van der Waals surface area (Å²) in [6, 6.07) is 9.52. The smallest absolute Gasteiger partial charge is 0.254 e. The highest BCUT2D eigenvalue weighted by Crippen LogP contribution is 2.27. The lowest BCUT2D eigenvalue weighted by molar-refractivity contribution is 0.483. The Balaban J connectivity index is 1.57. The molecule has 1 aliphatic carbocycles. The number of benzene rings is 1. The summed E-state index contributed by atoms with van der Waals surface area (Å²) in [6.07, 6.45) is 7.02. The van der Waals surface area contributed by atoms with Gasteiger partial charge in [0.05, 0.1) is 11.0 Å². The van der Waals surface area contributed by atoms with Crippen molar-refractivity contribution in [2.45, 2.75) is 56.5 Å². The number of nitrogens with one attached hydrogen (secondary N) is 1. The SMILES string of the molecule is CCc1cc(Nc2cccc(CS(=O)(=O)C3CCCCC3)c2)n2ncnc2n1. The molecule has 1 aliphatic rings. The van der Waals surface area contributed by atoms with E-state index in [4.69, 9.17) is 0 Å². The van der Waals surface area contributed by atoms with Crippen molar-refractivity contribution < 1.29 is 8.42 Å². The number of hydrogen-bond acceptors (Lipinski definition) is 6. The molecule has 0 spiro atoms. The molecule has 1 aromatic carbocycles. The molecule has 7 nitrogen and oxygen atoms in total. The molecule has 0 bridgehead atoms. The largest absolute Gasteiger partial charge is 0.340 e. The number of aryl methyl sites for hydroxylation is 1. The van der Waals surface area contributed by atoms with Crippen LogP contribution < -0.4 is 5.32 Å². The maximum absolute atomic E-state index is 12.8. The summed E-state index contributed by atoms with van der Waals surface area (Å²) in [5, 5.41) is 7.36. The Bertz CT molecular complexity index is 1070. The Morgan fingerprint density at radius 1 is 1.18 bits per heavy atom. The van der Waals surface area contributed by atoms with Gasteiger partial charge in [0.2, 0.25) is 0 Å². The number of aromatic nitrogens is 4. The van der Waals surface area contributed by atoms with Gasteiger partial charge >= 0.3 is 0 Å². The standard InChI is InChI=1S/C20H25N5O2S/c1-2-16-12-19(25-20(24-16)21-14-22-25)23-17-8-6-7-15(11-17)13-28(26,27)18-9-4-3-5-10-18/h6-8,11-12,14,18,23H,2-5,9-10,13H2,1H3. The van der Waals surface area contributed by atoms with Crippen molar-refractivity contribution >= 4 is 27.1 Å². The van der Waals surface area contributed by atoms with Crippen molar-refractivity contribution in [3.63, 3.8) is 0 Å². The van der Waals surface area contributed by atoms with E-state index in [1.807, 2.05) is 37.3 Å². The van der Waals surface area contributed by atoms with Gasteiger partial charge in [0.1, 0.15) is 12.1 Å². The van der Waals surface area contributed by atoms with Gasteiger partial charge in [-0.15, -0.1) is 0 Å². The maximum Gasteiger partial charge on any atom is 0.254 e. The first kappa shape index (κ1) is 18.9. The lowest BCUT2D eigenvalue weighted by Gasteiger charge is -2.21. The average Bonchev–Trinajstić information content (AvgIpc) is 3.17. The van der Waals surface area contributed by atoms with Crippen LogP contribution in [0, 0.1) is 0 Å². The van der Waals surface area contributed by atoms with Crippen LogP contribution in [0.25, 0.3) is 5.78 Å². The lowest BCUT2D eigenvalue weighted by atomic mass is 10.0. The summed E-state index contributed by atoms with van der Waals surface area (Å²) >= 11 is 0. The number of fused-ring (bicyclic) bond motifs is 1. The summed E-state index contributed by atoms with van der Waals surface area (Å²) in [6.45, 7) is 2.04. The second kappa shape index (κ2) is 7.87. The highest BCUT2D eigenvalue weighted by atomic mass is 32.2. The van der Waals surface area contributed by atoms with E-state index in [0.29, 0.717) is 5.78 Å². The van der Waals surface area contributed by atoms with Crippen molar-refractivity contribution in [3.05, 3.63) is 47.9 Å². The first-order chi connectivity index (χ1) is 13.5. The molecule has 0 atom stereocenters. The molecule has 1 saturated carbocycles. The highest BCUT2D eigenvalue weighted by Gasteiger charge is 2.27. The Hall–Kier alpha value is -2.48. The number of hydrogen-bond donors (Lipinski definition) is 1. The monoisotopic (exact) mass is 399 g/mol. The zero-order valence-corrected chi connectivity index (χ0v) is 16.8. The quantitative estimate of drug-likeness (QED) is 0.680. The van der Waals surface area contributed by atoms with Crippen molar-refractivity contribution in [1.29, 1.82) is 0 Å². The maximum atomic E-state index is 12.8. The molecule has 0 aliphatic heterocycles. The zero-order valence-electron chi connectivity index (χ0n) is 16.0. The van der Waals surface area contributed by atoms with Gasteiger partial charge in [-0.05, 0) is 37.0 Å². The molecule has 0 saturated heterocycles. The summed E-state index contributed by atoms with van der Waals surface area (Å²) in [7, 11) is -3.13. The van der Waals surface area contributed by atoms with E-state index in [-0.39, 0.29) is 11.0 Å². The van der Waals surface area contributed by atoms with E-state index in [1.54, 1.807) is 4.52 Å². The summed E-state index contributed by atoms with van der Waals surface area (Å²) in [5.41, 5.74) is 2.54. The van der Waals surface area contributed by atoms with E-state index >= 15 is 0 Å². The Labute approximate surface area is 165 Å². The molecule has 3 aromatic rings. The fourth-order valence-corrected chi connectivity index (χ4v) is 5.72. The topological polar surface area (TPSA) is 89.2 Å². The molecule has 2 heterocycles. The van der Waals surface area contributed by atoms with Gasteiger partial charge in [0, 0.05) is 17.4 Å². The summed E-state index contributed by atoms with van der Waals surface area (Å²) in [4.78, 5) is 8.61. The third-order valence-corrected chi connectivity index (χ3v) is 7.52. The molecule has 0 amide bonds. The Morgan fingerprint density at radius 3 is 2.79 bits per heavy atom. The van der Waals surface area contributed by atoms with Gasteiger partial charge in [-0.25, -0.2) is 13.4 Å². The molecular weight excluding hydrogens is 374 g/mol. The van der Waals surface area contributed by atoms with Crippen LogP contribution in [0.3, 0.4) is 0 Å². The average molecular weight is 400 g/mol. The van der Waals surface area contributed by atoms with Crippen molar-refractivity contribution in [2.75, 3.05) is 5.32 Å². The molecule has 8 heteroatoms. The van der Waals surface area contributed by atoms with E-state index in [1.165, 1.54) is 6.33 Å². The first-order valence-electron chi connectivity index (χ1n) is 9.82. The summed E-state index contributed by atoms with van der Waals surface area (Å²) < 4.78 is 27.2. The van der Waals surface area contributed by atoms with Crippen LogP contribution in [-0.2, 0) is 22.0 Å². The third kappa shape index (κ3) is 4.01. The van der Waals surface area contributed by atoms with Crippen molar-refractivity contribution in [2.24, 2.45) is 0 Å². The molecule has 2 aromatic heterocycles.